The minimum Gasteiger partial charge on any atom is -0.368 e. The number of H-pyrrole nitrogens is 1. The second-order valence-electron chi connectivity index (χ2n) is 5.49. The van der Waals surface area contributed by atoms with Crippen LogP contribution >= 0.6 is 0 Å². The number of nitrogens with one attached hydrogen (secondary N) is 1. The molecule has 2 aromatic heterocycles. The molecule has 1 unspecified atom stereocenters. The SMILES string of the molecule is COC(O)[C@H]1CC[C@H](c2ncc3c(=O)[nH]c(N)nn32)CC1. The van der Waals surface area contributed by atoms with E-state index in [2.05, 4.69) is 15.1 Å². The van der Waals surface area contributed by atoms with Crippen LogP contribution in [-0.2, 0) is 4.74 Å². The summed E-state index contributed by atoms with van der Waals surface area (Å²) in [5.74, 6) is 1.20. The summed E-state index contributed by atoms with van der Waals surface area (Å²) in [5, 5.41) is 13.9. The maximum atomic E-state index is 11.8. The van der Waals surface area contributed by atoms with Gasteiger partial charge in [0.15, 0.2) is 11.8 Å². The molecule has 1 aliphatic rings. The predicted octanol–water partition coefficient (Wildman–Crippen LogP) is 0.238. The van der Waals surface area contributed by atoms with Crippen LogP contribution in [0.3, 0.4) is 0 Å². The number of ether oxygens (including phenoxy) is 1. The Morgan fingerprint density at radius 1 is 1.48 bits per heavy atom. The van der Waals surface area contributed by atoms with Gasteiger partial charge in [-0.2, -0.15) is 0 Å². The fourth-order valence-electron chi connectivity index (χ4n) is 3.07. The smallest absolute Gasteiger partial charge is 0.278 e. The third-order valence-corrected chi connectivity index (χ3v) is 4.23. The molecule has 1 fully saturated rings. The van der Waals surface area contributed by atoms with Crippen LogP contribution in [0.25, 0.3) is 5.52 Å². The number of anilines is 1. The van der Waals surface area contributed by atoms with Crippen molar-refractivity contribution in [3.63, 3.8) is 0 Å². The van der Waals surface area contributed by atoms with Crippen molar-refractivity contribution in [2.45, 2.75) is 37.9 Å². The molecule has 0 aromatic carbocycles. The van der Waals surface area contributed by atoms with Gasteiger partial charge in [0.25, 0.3) is 5.56 Å². The van der Waals surface area contributed by atoms with E-state index in [0.717, 1.165) is 31.5 Å². The molecule has 0 spiro atoms. The van der Waals surface area contributed by atoms with Gasteiger partial charge >= 0.3 is 0 Å². The van der Waals surface area contributed by atoms with E-state index in [4.69, 9.17) is 10.5 Å². The predicted molar refractivity (Wildman–Crippen MR) is 75.7 cm³/mol. The number of aromatic nitrogens is 4. The molecule has 8 heteroatoms. The lowest BCUT2D eigenvalue weighted by atomic mass is 9.81. The number of aliphatic hydroxyl groups is 1. The minimum absolute atomic E-state index is 0.0789. The van der Waals surface area contributed by atoms with E-state index in [-0.39, 0.29) is 23.3 Å². The van der Waals surface area contributed by atoms with Crippen LogP contribution < -0.4 is 11.3 Å². The normalized spacial score (nSPS) is 24.3. The standard InChI is InChI=1S/C13H19N5O3/c1-21-12(20)8-4-2-7(3-5-8)10-15-6-9-11(19)16-13(14)17-18(9)10/h6-8,12,20H,2-5H2,1H3,(H3,14,16,17,19)/t7-,8-,12?. The van der Waals surface area contributed by atoms with E-state index >= 15 is 0 Å². The first kappa shape index (κ1) is 14.0. The van der Waals surface area contributed by atoms with Gasteiger partial charge < -0.3 is 15.6 Å². The number of hydrogen-bond donors (Lipinski definition) is 3. The van der Waals surface area contributed by atoms with Gasteiger partial charge in [-0.1, -0.05) is 0 Å². The van der Waals surface area contributed by atoms with Crippen molar-refractivity contribution < 1.29 is 9.84 Å². The van der Waals surface area contributed by atoms with E-state index in [1.54, 1.807) is 0 Å². The summed E-state index contributed by atoms with van der Waals surface area (Å²) in [5.41, 5.74) is 5.71. The molecule has 0 aliphatic heterocycles. The van der Waals surface area contributed by atoms with Crippen LogP contribution in [0.5, 0.6) is 0 Å². The molecular weight excluding hydrogens is 274 g/mol. The van der Waals surface area contributed by atoms with E-state index in [9.17, 15) is 9.90 Å². The highest BCUT2D eigenvalue weighted by molar-refractivity contribution is 5.44. The molecule has 8 nitrogen and oxygen atoms in total. The van der Waals surface area contributed by atoms with Crippen LogP contribution in [0.1, 0.15) is 37.4 Å². The largest absolute Gasteiger partial charge is 0.368 e. The third-order valence-electron chi connectivity index (χ3n) is 4.23. The summed E-state index contributed by atoms with van der Waals surface area (Å²) in [6, 6.07) is 0. The number of hydrogen-bond acceptors (Lipinski definition) is 6. The number of aliphatic hydroxyl groups excluding tert-OH is 1. The van der Waals surface area contributed by atoms with Gasteiger partial charge in [0, 0.05) is 18.9 Å². The van der Waals surface area contributed by atoms with Gasteiger partial charge in [-0.3, -0.25) is 9.78 Å². The molecule has 1 saturated carbocycles. The maximum absolute atomic E-state index is 11.8. The van der Waals surface area contributed by atoms with Gasteiger partial charge in [0.1, 0.15) is 5.82 Å². The van der Waals surface area contributed by atoms with E-state index in [1.165, 1.54) is 17.8 Å². The molecule has 21 heavy (non-hydrogen) atoms. The van der Waals surface area contributed by atoms with Gasteiger partial charge in [-0.05, 0) is 25.7 Å². The van der Waals surface area contributed by atoms with Crippen LogP contribution in [0.15, 0.2) is 11.0 Å². The Balaban J connectivity index is 1.84. The monoisotopic (exact) mass is 293 g/mol. The zero-order chi connectivity index (χ0) is 15.0. The fraction of sp³-hybridized carbons (Fsp3) is 0.615. The summed E-state index contributed by atoms with van der Waals surface area (Å²) in [7, 11) is 1.51. The lowest BCUT2D eigenvalue weighted by molar-refractivity contribution is -0.121. The summed E-state index contributed by atoms with van der Waals surface area (Å²) >= 11 is 0. The first-order valence-electron chi connectivity index (χ1n) is 7.04. The Kier molecular flexibility index (Phi) is 3.64. The highest BCUT2D eigenvalue weighted by Gasteiger charge is 2.29. The van der Waals surface area contributed by atoms with Crippen molar-refractivity contribution in [2.24, 2.45) is 5.92 Å². The van der Waals surface area contributed by atoms with Gasteiger partial charge in [-0.25, -0.2) is 9.50 Å². The van der Waals surface area contributed by atoms with Crippen molar-refractivity contribution in [1.82, 2.24) is 19.6 Å². The Labute approximate surface area is 120 Å². The number of rotatable bonds is 3. The number of aromatic amines is 1. The molecule has 1 aliphatic carbocycles. The number of nitrogen functional groups attached to an aromatic ring is 1. The summed E-state index contributed by atoms with van der Waals surface area (Å²) in [4.78, 5) is 18.6. The number of methoxy groups -OCH3 is 1. The topological polar surface area (TPSA) is 119 Å². The Morgan fingerprint density at radius 2 is 2.19 bits per heavy atom. The Hall–Kier alpha value is -1.93. The van der Waals surface area contributed by atoms with Crippen LogP contribution in [-0.4, -0.2) is 38.1 Å². The molecule has 3 rings (SSSR count). The van der Waals surface area contributed by atoms with E-state index in [0.29, 0.717) is 5.52 Å². The molecule has 0 radical (unpaired) electrons. The van der Waals surface area contributed by atoms with Gasteiger partial charge in [0.05, 0.1) is 6.20 Å². The van der Waals surface area contributed by atoms with Gasteiger partial charge in [0.2, 0.25) is 5.95 Å². The Morgan fingerprint density at radius 3 is 2.86 bits per heavy atom. The summed E-state index contributed by atoms with van der Waals surface area (Å²) < 4.78 is 6.51. The molecule has 114 valence electrons. The molecule has 1 atom stereocenters. The summed E-state index contributed by atoms with van der Waals surface area (Å²) in [6.07, 6.45) is 4.27. The first-order valence-corrected chi connectivity index (χ1v) is 7.04. The zero-order valence-corrected chi connectivity index (χ0v) is 11.8. The minimum atomic E-state index is -0.709. The molecule has 2 heterocycles. The first-order chi connectivity index (χ1) is 10.1. The fourth-order valence-corrected chi connectivity index (χ4v) is 3.07. The second-order valence-corrected chi connectivity index (χ2v) is 5.49. The lowest BCUT2D eigenvalue weighted by Crippen LogP contribution is -2.27. The number of fused-ring (bicyclic) bond motifs is 1. The number of nitrogens with two attached hydrogens (primary N) is 1. The average molecular weight is 293 g/mol. The van der Waals surface area contributed by atoms with Crippen LogP contribution in [0.4, 0.5) is 5.95 Å². The number of imidazole rings is 1. The third kappa shape index (κ3) is 2.52. The van der Waals surface area contributed by atoms with Crippen molar-refractivity contribution in [1.29, 1.82) is 0 Å². The maximum Gasteiger partial charge on any atom is 0.278 e. The van der Waals surface area contributed by atoms with Crippen molar-refractivity contribution in [3.8, 4) is 0 Å². The highest BCUT2D eigenvalue weighted by Crippen LogP contribution is 2.36. The van der Waals surface area contributed by atoms with E-state index in [1.807, 2.05) is 0 Å². The van der Waals surface area contributed by atoms with Crippen LogP contribution in [0.2, 0.25) is 0 Å². The second kappa shape index (κ2) is 5.45. The molecule has 0 saturated heterocycles. The average Bonchev–Trinajstić information content (AvgIpc) is 2.90. The molecule has 4 N–H and O–H groups in total. The van der Waals surface area contributed by atoms with Crippen molar-refractivity contribution in [2.75, 3.05) is 12.8 Å². The highest BCUT2D eigenvalue weighted by atomic mass is 16.6. The van der Waals surface area contributed by atoms with E-state index < -0.39 is 6.29 Å². The molecule has 0 bridgehead atoms. The van der Waals surface area contributed by atoms with Crippen molar-refractivity contribution in [3.05, 3.63) is 22.4 Å². The lowest BCUT2D eigenvalue weighted by Gasteiger charge is -2.29. The molecule has 0 amide bonds. The van der Waals surface area contributed by atoms with Crippen molar-refractivity contribution >= 4 is 11.5 Å². The quantitative estimate of drug-likeness (QED) is 0.697. The Bertz CT molecular complexity index is 687. The molecule has 2 aromatic rings. The summed E-state index contributed by atoms with van der Waals surface area (Å²) in [6.45, 7) is 0. The number of nitrogens with zero attached hydrogens (tertiary/aromatic N) is 3. The zero-order valence-electron chi connectivity index (χ0n) is 11.8. The van der Waals surface area contributed by atoms with Crippen LogP contribution in [0, 0.1) is 5.92 Å². The van der Waals surface area contributed by atoms with Gasteiger partial charge in [-0.15, -0.1) is 5.10 Å². The molecular formula is C13H19N5O3.